The van der Waals surface area contributed by atoms with E-state index in [9.17, 15) is 0 Å². The Morgan fingerprint density at radius 3 is 2.44 bits per heavy atom. The summed E-state index contributed by atoms with van der Waals surface area (Å²) in [5.74, 6) is 0. The van der Waals surface area contributed by atoms with Gasteiger partial charge in [0.25, 0.3) is 0 Å². The highest BCUT2D eigenvalue weighted by Crippen LogP contribution is 2.24. The highest BCUT2D eigenvalue weighted by atomic mass is 35.5. The van der Waals surface area contributed by atoms with Crippen LogP contribution in [0.25, 0.3) is 5.69 Å². The quantitative estimate of drug-likeness (QED) is 0.734. The standard InChI is InChI=1S/C13H15ClN2/c1-13(2,3)10-8-15-16(9-10)12-7-5-4-6-11(12)14/h4-9H,1-3H3. The van der Waals surface area contributed by atoms with Crippen LogP contribution in [0, 0.1) is 0 Å². The molecule has 2 rings (SSSR count). The molecule has 0 spiro atoms. The molecule has 0 aliphatic rings. The highest BCUT2D eigenvalue weighted by molar-refractivity contribution is 6.32. The maximum absolute atomic E-state index is 6.12. The Kier molecular flexibility index (Phi) is 2.76. The molecule has 2 aromatic rings. The maximum Gasteiger partial charge on any atom is 0.0831 e. The minimum Gasteiger partial charge on any atom is -0.239 e. The van der Waals surface area contributed by atoms with Gasteiger partial charge in [0.1, 0.15) is 0 Å². The molecule has 84 valence electrons. The third-order valence-corrected chi connectivity index (χ3v) is 2.87. The molecule has 3 heteroatoms. The molecule has 1 heterocycles. The van der Waals surface area contributed by atoms with Crippen LogP contribution >= 0.6 is 11.6 Å². The molecule has 0 saturated heterocycles. The Morgan fingerprint density at radius 1 is 1.19 bits per heavy atom. The zero-order valence-corrected chi connectivity index (χ0v) is 10.5. The van der Waals surface area contributed by atoms with Crippen LogP contribution in [-0.2, 0) is 5.41 Å². The molecule has 0 aliphatic carbocycles. The van der Waals surface area contributed by atoms with E-state index < -0.39 is 0 Å². The molecule has 0 amide bonds. The summed E-state index contributed by atoms with van der Waals surface area (Å²) in [6.07, 6.45) is 3.92. The summed E-state index contributed by atoms with van der Waals surface area (Å²) < 4.78 is 1.82. The van der Waals surface area contributed by atoms with Crippen molar-refractivity contribution in [2.75, 3.05) is 0 Å². The molecule has 1 aromatic carbocycles. The van der Waals surface area contributed by atoms with Crippen molar-refractivity contribution in [1.29, 1.82) is 0 Å². The van der Waals surface area contributed by atoms with Gasteiger partial charge in [0.15, 0.2) is 0 Å². The summed E-state index contributed by atoms with van der Waals surface area (Å²) in [5, 5.41) is 5.06. The van der Waals surface area contributed by atoms with Crippen LogP contribution in [0.4, 0.5) is 0 Å². The first-order valence-electron chi connectivity index (χ1n) is 5.28. The van der Waals surface area contributed by atoms with E-state index in [4.69, 9.17) is 11.6 Å². The van der Waals surface area contributed by atoms with Gasteiger partial charge in [-0.3, -0.25) is 0 Å². The molecule has 0 N–H and O–H groups in total. The second-order valence-electron chi connectivity index (χ2n) is 4.87. The van der Waals surface area contributed by atoms with Gasteiger partial charge in [0.2, 0.25) is 0 Å². The van der Waals surface area contributed by atoms with Crippen molar-refractivity contribution < 1.29 is 0 Å². The Morgan fingerprint density at radius 2 is 1.88 bits per heavy atom. The van der Waals surface area contributed by atoms with E-state index in [1.54, 1.807) is 0 Å². The fraction of sp³-hybridized carbons (Fsp3) is 0.308. The first-order chi connectivity index (χ1) is 7.48. The van der Waals surface area contributed by atoms with E-state index >= 15 is 0 Å². The smallest absolute Gasteiger partial charge is 0.0831 e. The number of para-hydroxylation sites is 1. The summed E-state index contributed by atoms with van der Waals surface area (Å²) >= 11 is 6.12. The van der Waals surface area contributed by atoms with Crippen LogP contribution in [0.15, 0.2) is 36.7 Å². The first kappa shape index (κ1) is 11.2. The first-order valence-corrected chi connectivity index (χ1v) is 5.66. The van der Waals surface area contributed by atoms with Crippen LogP contribution in [0.2, 0.25) is 5.02 Å². The normalized spacial score (nSPS) is 11.8. The number of hydrogen-bond donors (Lipinski definition) is 0. The van der Waals surface area contributed by atoms with Gasteiger partial charge in [0.05, 0.1) is 16.9 Å². The second-order valence-corrected chi connectivity index (χ2v) is 5.28. The Hall–Kier alpha value is -1.28. The largest absolute Gasteiger partial charge is 0.239 e. The van der Waals surface area contributed by atoms with Gasteiger partial charge in [-0.1, -0.05) is 44.5 Å². The molecular formula is C13H15ClN2. The van der Waals surface area contributed by atoms with Crippen LogP contribution in [0.3, 0.4) is 0 Å². The highest BCUT2D eigenvalue weighted by Gasteiger charge is 2.16. The topological polar surface area (TPSA) is 17.8 Å². The number of benzene rings is 1. The lowest BCUT2D eigenvalue weighted by Gasteiger charge is -2.15. The molecule has 0 aliphatic heterocycles. The van der Waals surface area contributed by atoms with Gasteiger partial charge < -0.3 is 0 Å². The average molecular weight is 235 g/mol. The molecule has 0 bridgehead atoms. The average Bonchev–Trinajstić information content (AvgIpc) is 2.66. The van der Waals surface area contributed by atoms with Crippen molar-refractivity contribution in [3.05, 3.63) is 47.2 Å². The zero-order chi connectivity index (χ0) is 11.8. The number of aromatic nitrogens is 2. The molecule has 2 nitrogen and oxygen atoms in total. The summed E-state index contributed by atoms with van der Waals surface area (Å²) in [5.41, 5.74) is 2.23. The van der Waals surface area contributed by atoms with Gasteiger partial charge in [-0.15, -0.1) is 0 Å². The number of nitrogens with zero attached hydrogens (tertiary/aromatic N) is 2. The van der Waals surface area contributed by atoms with Crippen LogP contribution in [0.1, 0.15) is 26.3 Å². The van der Waals surface area contributed by atoms with E-state index in [0.717, 1.165) is 5.69 Å². The third kappa shape index (κ3) is 2.12. The minimum absolute atomic E-state index is 0.111. The molecule has 0 atom stereocenters. The molecule has 1 aromatic heterocycles. The van der Waals surface area contributed by atoms with Crippen LogP contribution in [-0.4, -0.2) is 9.78 Å². The molecule has 16 heavy (non-hydrogen) atoms. The minimum atomic E-state index is 0.111. The monoisotopic (exact) mass is 234 g/mol. The lowest BCUT2D eigenvalue weighted by atomic mass is 9.90. The van der Waals surface area contributed by atoms with E-state index in [2.05, 4.69) is 25.9 Å². The van der Waals surface area contributed by atoms with Gasteiger partial charge in [-0.05, 0) is 23.1 Å². The van der Waals surface area contributed by atoms with E-state index in [1.807, 2.05) is 41.3 Å². The number of hydrogen-bond acceptors (Lipinski definition) is 1. The van der Waals surface area contributed by atoms with Crippen molar-refractivity contribution in [1.82, 2.24) is 9.78 Å². The number of rotatable bonds is 1. The molecule has 0 radical (unpaired) electrons. The third-order valence-electron chi connectivity index (χ3n) is 2.55. The second kappa shape index (κ2) is 3.95. The van der Waals surface area contributed by atoms with E-state index in [0.29, 0.717) is 5.02 Å². The fourth-order valence-electron chi connectivity index (χ4n) is 1.48. The van der Waals surface area contributed by atoms with Crippen molar-refractivity contribution in [2.24, 2.45) is 0 Å². The van der Waals surface area contributed by atoms with Crippen molar-refractivity contribution >= 4 is 11.6 Å². The lowest BCUT2D eigenvalue weighted by molar-refractivity contribution is 0.590. The molecular weight excluding hydrogens is 220 g/mol. The van der Waals surface area contributed by atoms with Gasteiger partial charge >= 0.3 is 0 Å². The predicted molar refractivity (Wildman–Crippen MR) is 67.3 cm³/mol. The van der Waals surface area contributed by atoms with Crippen molar-refractivity contribution in [3.63, 3.8) is 0 Å². The van der Waals surface area contributed by atoms with E-state index in [1.165, 1.54) is 5.56 Å². The molecule has 0 saturated carbocycles. The summed E-state index contributed by atoms with van der Waals surface area (Å²) in [7, 11) is 0. The Balaban J connectivity index is 2.44. The summed E-state index contributed by atoms with van der Waals surface area (Å²) in [4.78, 5) is 0. The summed E-state index contributed by atoms with van der Waals surface area (Å²) in [6.45, 7) is 6.50. The summed E-state index contributed by atoms with van der Waals surface area (Å²) in [6, 6.07) is 7.71. The Labute approximate surface area is 101 Å². The van der Waals surface area contributed by atoms with Crippen LogP contribution in [0.5, 0.6) is 0 Å². The number of halogens is 1. The van der Waals surface area contributed by atoms with Gasteiger partial charge in [-0.2, -0.15) is 5.10 Å². The SMILES string of the molecule is CC(C)(C)c1cnn(-c2ccccc2Cl)c1. The maximum atomic E-state index is 6.12. The van der Waals surface area contributed by atoms with Gasteiger partial charge in [-0.25, -0.2) is 4.68 Å². The van der Waals surface area contributed by atoms with Crippen molar-refractivity contribution in [3.8, 4) is 5.69 Å². The van der Waals surface area contributed by atoms with Crippen LogP contribution < -0.4 is 0 Å². The van der Waals surface area contributed by atoms with Crippen molar-refractivity contribution in [2.45, 2.75) is 26.2 Å². The molecule has 0 unspecified atom stereocenters. The Bertz CT molecular complexity index is 495. The predicted octanol–water partition coefficient (Wildman–Crippen LogP) is 3.82. The fourth-order valence-corrected chi connectivity index (χ4v) is 1.70. The zero-order valence-electron chi connectivity index (χ0n) is 9.74. The molecule has 0 fully saturated rings. The van der Waals surface area contributed by atoms with Gasteiger partial charge in [0, 0.05) is 6.20 Å². The van der Waals surface area contributed by atoms with E-state index in [-0.39, 0.29) is 5.41 Å². The lowest BCUT2D eigenvalue weighted by Crippen LogP contribution is -2.09.